The third-order valence-electron chi connectivity index (χ3n) is 5.42. The second-order valence-corrected chi connectivity index (χ2v) is 8.85. The fourth-order valence-electron chi connectivity index (χ4n) is 3.73. The Morgan fingerprint density at radius 3 is 2.50 bits per heavy atom. The standard InChI is InChI=1S/C23H30N4S/c1-3-15-28-20-9-10-21-22(16-20)27(17-19-7-5-4-6-8-19)23(24-21)18-26-13-11-25(2)12-14-26/h4-10,16H,3,11-15,17-18H2,1-2H3. The smallest absolute Gasteiger partial charge is 0.124 e. The molecule has 1 aliphatic heterocycles. The van der Waals surface area contributed by atoms with E-state index in [2.05, 4.69) is 76.9 Å². The summed E-state index contributed by atoms with van der Waals surface area (Å²) in [6, 6.07) is 17.5. The first-order chi connectivity index (χ1) is 13.7. The summed E-state index contributed by atoms with van der Waals surface area (Å²) in [6.07, 6.45) is 1.20. The molecule has 0 aliphatic carbocycles. The van der Waals surface area contributed by atoms with Gasteiger partial charge in [0.25, 0.3) is 0 Å². The Labute approximate surface area is 172 Å². The van der Waals surface area contributed by atoms with Crippen LogP contribution in [-0.2, 0) is 13.1 Å². The molecule has 0 saturated carbocycles. The predicted molar refractivity (Wildman–Crippen MR) is 119 cm³/mol. The molecule has 3 aromatic rings. The van der Waals surface area contributed by atoms with Crippen LogP contribution in [0.1, 0.15) is 24.7 Å². The van der Waals surface area contributed by atoms with E-state index in [0.717, 1.165) is 50.5 Å². The lowest BCUT2D eigenvalue weighted by molar-refractivity contribution is 0.144. The fraction of sp³-hybridized carbons (Fsp3) is 0.435. The molecule has 2 heterocycles. The van der Waals surface area contributed by atoms with Crippen LogP contribution in [0.4, 0.5) is 0 Å². The van der Waals surface area contributed by atoms with Crippen molar-refractivity contribution in [1.82, 2.24) is 19.4 Å². The van der Waals surface area contributed by atoms with Gasteiger partial charge in [-0.2, -0.15) is 0 Å². The van der Waals surface area contributed by atoms with Crippen LogP contribution < -0.4 is 0 Å². The zero-order valence-electron chi connectivity index (χ0n) is 17.0. The predicted octanol–water partition coefficient (Wildman–Crippen LogP) is 4.33. The number of piperazine rings is 1. The summed E-state index contributed by atoms with van der Waals surface area (Å²) in [7, 11) is 2.21. The minimum atomic E-state index is 0.877. The Morgan fingerprint density at radius 2 is 1.75 bits per heavy atom. The molecule has 0 radical (unpaired) electrons. The first kappa shape index (κ1) is 19.5. The number of benzene rings is 2. The van der Waals surface area contributed by atoms with E-state index in [4.69, 9.17) is 4.98 Å². The minimum absolute atomic E-state index is 0.877. The quantitative estimate of drug-likeness (QED) is 0.557. The molecule has 4 rings (SSSR count). The van der Waals surface area contributed by atoms with Gasteiger partial charge in [0.1, 0.15) is 5.82 Å². The highest BCUT2D eigenvalue weighted by Gasteiger charge is 2.18. The normalized spacial score (nSPS) is 16.1. The molecule has 0 amide bonds. The van der Waals surface area contributed by atoms with Crippen LogP contribution in [0.25, 0.3) is 11.0 Å². The van der Waals surface area contributed by atoms with Crippen LogP contribution >= 0.6 is 11.8 Å². The molecule has 0 unspecified atom stereocenters. The van der Waals surface area contributed by atoms with Crippen LogP contribution in [0.5, 0.6) is 0 Å². The highest BCUT2D eigenvalue weighted by Crippen LogP contribution is 2.26. The van der Waals surface area contributed by atoms with Gasteiger partial charge in [0, 0.05) is 37.6 Å². The monoisotopic (exact) mass is 394 g/mol. The molecule has 1 fully saturated rings. The molecule has 0 spiro atoms. The molecule has 1 saturated heterocycles. The number of fused-ring (bicyclic) bond motifs is 1. The molecule has 0 atom stereocenters. The fourth-order valence-corrected chi connectivity index (χ4v) is 4.53. The SMILES string of the molecule is CCCSc1ccc2nc(CN3CCN(C)CC3)n(Cc3ccccc3)c2c1. The van der Waals surface area contributed by atoms with Crippen molar-refractivity contribution in [3.8, 4) is 0 Å². The molecule has 0 N–H and O–H groups in total. The lowest BCUT2D eigenvalue weighted by atomic mass is 10.2. The summed E-state index contributed by atoms with van der Waals surface area (Å²) in [5.74, 6) is 2.34. The average Bonchev–Trinajstić information content (AvgIpc) is 3.05. The van der Waals surface area contributed by atoms with Crippen molar-refractivity contribution < 1.29 is 0 Å². The number of thioether (sulfide) groups is 1. The van der Waals surface area contributed by atoms with E-state index in [1.807, 2.05) is 11.8 Å². The Kier molecular flexibility index (Phi) is 6.35. The maximum Gasteiger partial charge on any atom is 0.124 e. The summed E-state index contributed by atoms with van der Waals surface area (Å²) in [6.45, 7) is 8.53. The Morgan fingerprint density at radius 1 is 0.964 bits per heavy atom. The highest BCUT2D eigenvalue weighted by molar-refractivity contribution is 7.99. The maximum atomic E-state index is 5.04. The Hall–Kier alpha value is -1.82. The van der Waals surface area contributed by atoms with Gasteiger partial charge >= 0.3 is 0 Å². The number of imidazole rings is 1. The van der Waals surface area contributed by atoms with Gasteiger partial charge < -0.3 is 9.47 Å². The van der Waals surface area contributed by atoms with Gasteiger partial charge in [-0.05, 0) is 43.0 Å². The second-order valence-electron chi connectivity index (χ2n) is 7.68. The van der Waals surface area contributed by atoms with Crippen LogP contribution in [0, 0.1) is 0 Å². The lowest BCUT2D eigenvalue weighted by Crippen LogP contribution is -2.44. The Bertz CT molecular complexity index is 898. The van der Waals surface area contributed by atoms with Gasteiger partial charge in [0.05, 0.1) is 17.6 Å². The maximum absolute atomic E-state index is 5.04. The first-order valence-corrected chi connectivity index (χ1v) is 11.3. The molecule has 4 nitrogen and oxygen atoms in total. The van der Waals surface area contributed by atoms with E-state index in [-0.39, 0.29) is 0 Å². The van der Waals surface area contributed by atoms with Crippen molar-refractivity contribution in [2.24, 2.45) is 0 Å². The summed E-state index contributed by atoms with van der Waals surface area (Å²) >= 11 is 1.94. The number of hydrogen-bond acceptors (Lipinski definition) is 4. The van der Waals surface area contributed by atoms with Gasteiger partial charge in [-0.15, -0.1) is 11.8 Å². The molecule has 28 heavy (non-hydrogen) atoms. The highest BCUT2D eigenvalue weighted by atomic mass is 32.2. The molecule has 148 valence electrons. The molecular formula is C23H30N4S. The third kappa shape index (κ3) is 4.59. The van der Waals surface area contributed by atoms with E-state index >= 15 is 0 Å². The van der Waals surface area contributed by atoms with Gasteiger partial charge in [0.15, 0.2) is 0 Å². The van der Waals surface area contributed by atoms with Gasteiger partial charge in [-0.3, -0.25) is 4.90 Å². The van der Waals surface area contributed by atoms with Crippen LogP contribution in [0.2, 0.25) is 0 Å². The molecule has 1 aromatic heterocycles. The van der Waals surface area contributed by atoms with Gasteiger partial charge in [-0.25, -0.2) is 4.98 Å². The molecule has 2 aromatic carbocycles. The van der Waals surface area contributed by atoms with Crippen LogP contribution in [-0.4, -0.2) is 58.3 Å². The first-order valence-electron chi connectivity index (χ1n) is 10.3. The molecule has 1 aliphatic rings. The van der Waals surface area contributed by atoms with Gasteiger partial charge in [-0.1, -0.05) is 37.3 Å². The largest absolute Gasteiger partial charge is 0.322 e. The van der Waals surface area contributed by atoms with Crippen LogP contribution in [0.15, 0.2) is 53.4 Å². The zero-order valence-corrected chi connectivity index (χ0v) is 17.8. The second kappa shape index (κ2) is 9.12. The van der Waals surface area contributed by atoms with Crippen molar-refractivity contribution in [3.05, 3.63) is 59.9 Å². The number of likely N-dealkylation sites (N-methyl/N-ethyl adjacent to an activating group) is 1. The summed E-state index contributed by atoms with van der Waals surface area (Å²) in [4.78, 5) is 11.3. The van der Waals surface area contributed by atoms with E-state index < -0.39 is 0 Å². The van der Waals surface area contributed by atoms with Crippen molar-refractivity contribution in [2.75, 3.05) is 39.0 Å². The van der Waals surface area contributed by atoms with E-state index in [1.165, 1.54) is 28.2 Å². The average molecular weight is 395 g/mol. The summed E-state index contributed by atoms with van der Waals surface area (Å²) in [5, 5.41) is 0. The molecule has 5 heteroatoms. The summed E-state index contributed by atoms with van der Waals surface area (Å²) < 4.78 is 2.43. The number of nitrogens with zero attached hydrogens (tertiary/aromatic N) is 4. The van der Waals surface area contributed by atoms with Gasteiger partial charge in [0.2, 0.25) is 0 Å². The van der Waals surface area contributed by atoms with E-state index in [0.29, 0.717) is 0 Å². The topological polar surface area (TPSA) is 24.3 Å². The van der Waals surface area contributed by atoms with E-state index in [9.17, 15) is 0 Å². The zero-order chi connectivity index (χ0) is 19.3. The van der Waals surface area contributed by atoms with Crippen molar-refractivity contribution in [1.29, 1.82) is 0 Å². The van der Waals surface area contributed by atoms with E-state index in [1.54, 1.807) is 0 Å². The molecule has 0 bridgehead atoms. The van der Waals surface area contributed by atoms with Crippen molar-refractivity contribution >= 4 is 22.8 Å². The summed E-state index contributed by atoms with van der Waals surface area (Å²) in [5.41, 5.74) is 3.70. The Balaban J connectivity index is 1.66. The van der Waals surface area contributed by atoms with Crippen molar-refractivity contribution in [3.63, 3.8) is 0 Å². The minimum Gasteiger partial charge on any atom is -0.322 e. The van der Waals surface area contributed by atoms with Crippen molar-refractivity contribution in [2.45, 2.75) is 31.3 Å². The number of aromatic nitrogens is 2. The van der Waals surface area contributed by atoms with Crippen LogP contribution in [0.3, 0.4) is 0 Å². The number of rotatable bonds is 7. The number of hydrogen-bond donors (Lipinski definition) is 0. The molecular weight excluding hydrogens is 364 g/mol. The lowest BCUT2D eigenvalue weighted by Gasteiger charge is -2.32. The third-order valence-corrected chi connectivity index (χ3v) is 6.62.